The first kappa shape index (κ1) is 9.80. The predicted molar refractivity (Wildman–Crippen MR) is 59.5 cm³/mol. The SMILES string of the molecule is [C-]#[N+][C@H]1[C@H](c2cccc(F)c2)CNC12CC2. The van der Waals surface area contributed by atoms with Crippen LogP contribution in [0.25, 0.3) is 4.85 Å². The van der Waals surface area contributed by atoms with Crippen LogP contribution in [0.15, 0.2) is 24.3 Å². The normalized spacial score (nSPS) is 30.2. The van der Waals surface area contributed by atoms with Gasteiger partial charge in [0.05, 0.1) is 11.5 Å². The maximum absolute atomic E-state index is 13.2. The molecule has 2 fully saturated rings. The van der Waals surface area contributed by atoms with E-state index in [0.717, 1.165) is 24.9 Å². The predicted octanol–water partition coefficient (Wildman–Crippen LogP) is 2.33. The highest BCUT2D eigenvalue weighted by Gasteiger charge is 2.61. The molecular formula is C13H13FN2. The Hall–Kier alpha value is -1.40. The molecule has 0 amide bonds. The van der Waals surface area contributed by atoms with Crippen molar-refractivity contribution < 1.29 is 4.39 Å². The number of nitrogens with one attached hydrogen (secondary N) is 1. The summed E-state index contributed by atoms with van der Waals surface area (Å²) in [6.45, 7) is 8.12. The molecule has 1 aromatic rings. The first-order chi connectivity index (χ1) is 7.75. The molecule has 1 spiro atoms. The molecule has 1 aromatic carbocycles. The van der Waals surface area contributed by atoms with Crippen molar-refractivity contribution in [2.75, 3.05) is 6.54 Å². The van der Waals surface area contributed by atoms with Crippen molar-refractivity contribution in [1.82, 2.24) is 5.32 Å². The lowest BCUT2D eigenvalue weighted by molar-refractivity contribution is 0.562. The van der Waals surface area contributed by atoms with Gasteiger partial charge in [0.2, 0.25) is 6.04 Å². The molecule has 1 N–H and O–H groups in total. The molecule has 3 heteroatoms. The molecular weight excluding hydrogens is 203 g/mol. The largest absolute Gasteiger partial charge is 0.311 e. The smallest absolute Gasteiger partial charge is 0.249 e. The van der Waals surface area contributed by atoms with Crippen molar-refractivity contribution in [1.29, 1.82) is 0 Å². The average molecular weight is 216 g/mol. The van der Waals surface area contributed by atoms with Gasteiger partial charge < -0.3 is 10.2 Å². The summed E-state index contributed by atoms with van der Waals surface area (Å²) in [5.74, 6) is -0.0614. The summed E-state index contributed by atoms with van der Waals surface area (Å²) >= 11 is 0. The van der Waals surface area contributed by atoms with E-state index < -0.39 is 0 Å². The first-order valence-corrected chi connectivity index (χ1v) is 5.62. The number of rotatable bonds is 1. The zero-order valence-electron chi connectivity index (χ0n) is 8.91. The van der Waals surface area contributed by atoms with Crippen molar-refractivity contribution in [3.63, 3.8) is 0 Å². The van der Waals surface area contributed by atoms with Crippen LogP contribution in [0.3, 0.4) is 0 Å². The quantitative estimate of drug-likeness (QED) is 0.713. The van der Waals surface area contributed by atoms with E-state index in [1.54, 1.807) is 12.1 Å². The minimum Gasteiger partial charge on any atom is -0.311 e. The fraction of sp³-hybridized carbons (Fsp3) is 0.462. The van der Waals surface area contributed by atoms with E-state index in [1.807, 2.05) is 6.07 Å². The Morgan fingerprint density at radius 2 is 2.25 bits per heavy atom. The van der Waals surface area contributed by atoms with Crippen LogP contribution in [0.1, 0.15) is 24.3 Å². The third kappa shape index (κ3) is 1.34. The molecule has 0 radical (unpaired) electrons. The van der Waals surface area contributed by atoms with Gasteiger partial charge in [-0.3, -0.25) is 0 Å². The van der Waals surface area contributed by atoms with Crippen LogP contribution >= 0.6 is 0 Å². The van der Waals surface area contributed by atoms with Gasteiger partial charge in [-0.15, -0.1) is 0 Å². The van der Waals surface area contributed by atoms with E-state index in [4.69, 9.17) is 6.57 Å². The molecule has 0 unspecified atom stereocenters. The monoisotopic (exact) mass is 216 g/mol. The fourth-order valence-electron chi connectivity index (χ4n) is 2.77. The van der Waals surface area contributed by atoms with Crippen molar-refractivity contribution in [3.05, 3.63) is 47.1 Å². The van der Waals surface area contributed by atoms with Crippen LogP contribution < -0.4 is 5.32 Å². The molecule has 82 valence electrons. The van der Waals surface area contributed by atoms with Crippen molar-refractivity contribution in [2.24, 2.45) is 0 Å². The highest BCUT2D eigenvalue weighted by Crippen LogP contribution is 2.49. The molecule has 16 heavy (non-hydrogen) atoms. The summed E-state index contributed by atoms with van der Waals surface area (Å²) < 4.78 is 13.2. The maximum atomic E-state index is 13.2. The van der Waals surface area contributed by atoms with Crippen molar-refractivity contribution >= 4 is 0 Å². The van der Waals surface area contributed by atoms with E-state index >= 15 is 0 Å². The standard InChI is InChI=1S/C13H13FN2/c1-15-12-11(8-16-13(12)5-6-13)9-3-2-4-10(14)7-9/h2-4,7,11-12,16H,5-6,8H2/t11-,12-/m0/s1. The zero-order valence-corrected chi connectivity index (χ0v) is 8.91. The number of hydrogen-bond acceptors (Lipinski definition) is 1. The molecule has 2 aliphatic rings. The van der Waals surface area contributed by atoms with Crippen molar-refractivity contribution in [2.45, 2.75) is 30.3 Å². The van der Waals surface area contributed by atoms with Gasteiger partial charge in [0.15, 0.2) is 0 Å². The summed E-state index contributed by atoms with van der Waals surface area (Å²) in [7, 11) is 0. The lowest BCUT2D eigenvalue weighted by atomic mass is 9.91. The van der Waals surface area contributed by atoms with Gasteiger partial charge >= 0.3 is 0 Å². The van der Waals surface area contributed by atoms with E-state index in [0.29, 0.717) is 0 Å². The molecule has 2 nitrogen and oxygen atoms in total. The number of halogens is 1. The fourth-order valence-corrected chi connectivity index (χ4v) is 2.77. The summed E-state index contributed by atoms with van der Waals surface area (Å²) in [5, 5.41) is 3.44. The molecule has 1 heterocycles. The molecule has 0 bridgehead atoms. The maximum Gasteiger partial charge on any atom is 0.249 e. The lowest BCUT2D eigenvalue weighted by Crippen LogP contribution is -2.31. The second-order valence-corrected chi connectivity index (χ2v) is 4.77. The Bertz CT molecular complexity index is 459. The van der Waals surface area contributed by atoms with E-state index in [1.165, 1.54) is 6.07 Å². The van der Waals surface area contributed by atoms with Gasteiger partial charge in [-0.25, -0.2) is 11.0 Å². The van der Waals surface area contributed by atoms with E-state index in [-0.39, 0.29) is 23.3 Å². The number of nitrogens with zero attached hydrogens (tertiary/aromatic N) is 1. The molecule has 1 aliphatic heterocycles. The third-order valence-electron chi connectivity index (χ3n) is 3.83. The van der Waals surface area contributed by atoms with Gasteiger partial charge in [0, 0.05) is 6.54 Å². The second kappa shape index (κ2) is 3.29. The Labute approximate surface area is 94.3 Å². The van der Waals surface area contributed by atoms with Crippen LogP contribution in [0.4, 0.5) is 4.39 Å². The van der Waals surface area contributed by atoms with Crippen LogP contribution in [0.5, 0.6) is 0 Å². The first-order valence-electron chi connectivity index (χ1n) is 5.62. The minimum atomic E-state index is -0.210. The van der Waals surface area contributed by atoms with Gasteiger partial charge in [-0.05, 0) is 30.5 Å². The van der Waals surface area contributed by atoms with Crippen LogP contribution in [0.2, 0.25) is 0 Å². The minimum absolute atomic E-state index is 0.0192. The summed E-state index contributed by atoms with van der Waals surface area (Å²) in [6, 6.07) is 6.64. The molecule has 1 aliphatic carbocycles. The van der Waals surface area contributed by atoms with Gasteiger partial charge in [0.25, 0.3) is 0 Å². The average Bonchev–Trinajstić information content (AvgIpc) is 2.93. The van der Waals surface area contributed by atoms with E-state index in [2.05, 4.69) is 10.2 Å². The zero-order chi connectivity index (χ0) is 11.2. The highest BCUT2D eigenvalue weighted by atomic mass is 19.1. The Morgan fingerprint density at radius 1 is 1.44 bits per heavy atom. The molecule has 2 atom stereocenters. The molecule has 1 saturated carbocycles. The summed E-state index contributed by atoms with van der Waals surface area (Å²) in [5.41, 5.74) is 1.01. The van der Waals surface area contributed by atoms with Crippen LogP contribution in [0, 0.1) is 12.4 Å². The number of benzene rings is 1. The van der Waals surface area contributed by atoms with Gasteiger partial charge in [-0.1, -0.05) is 12.1 Å². The lowest BCUT2D eigenvalue weighted by Gasteiger charge is -2.12. The summed E-state index contributed by atoms with van der Waals surface area (Å²) in [4.78, 5) is 3.76. The van der Waals surface area contributed by atoms with Crippen molar-refractivity contribution in [3.8, 4) is 0 Å². The Balaban J connectivity index is 1.94. The van der Waals surface area contributed by atoms with Crippen LogP contribution in [-0.2, 0) is 0 Å². The van der Waals surface area contributed by atoms with Crippen LogP contribution in [-0.4, -0.2) is 18.1 Å². The number of hydrogen-bond donors (Lipinski definition) is 1. The van der Waals surface area contributed by atoms with E-state index in [9.17, 15) is 4.39 Å². The highest BCUT2D eigenvalue weighted by molar-refractivity contribution is 5.33. The van der Waals surface area contributed by atoms with Gasteiger partial charge in [0.1, 0.15) is 5.82 Å². The topological polar surface area (TPSA) is 16.4 Å². The second-order valence-electron chi connectivity index (χ2n) is 4.77. The summed E-state index contributed by atoms with van der Waals surface area (Å²) in [6.07, 6.45) is 2.18. The molecule has 0 aromatic heterocycles. The Morgan fingerprint density at radius 3 is 2.88 bits per heavy atom. The molecule has 1 saturated heterocycles. The molecule has 3 rings (SSSR count). The Kier molecular flexibility index (Phi) is 2.02. The van der Waals surface area contributed by atoms with Gasteiger partial charge in [-0.2, -0.15) is 0 Å². The third-order valence-corrected chi connectivity index (χ3v) is 3.83.